The molecule has 0 bridgehead atoms. The number of rotatable bonds is 5. The van der Waals surface area contributed by atoms with Gasteiger partial charge in [-0.25, -0.2) is 4.39 Å². The Morgan fingerprint density at radius 2 is 2.14 bits per heavy atom. The molecular formula is C21H17ClFN3O2S. The first-order valence-electron chi connectivity index (χ1n) is 8.76. The zero-order chi connectivity index (χ0) is 21.0. The van der Waals surface area contributed by atoms with Crippen LogP contribution in [0.1, 0.15) is 23.5 Å². The van der Waals surface area contributed by atoms with E-state index in [9.17, 15) is 19.2 Å². The molecule has 0 radical (unpaired) electrons. The fraction of sp³-hybridized carbons (Fsp3) is 0.190. The number of hydrogen-bond acceptors (Lipinski definition) is 4. The van der Waals surface area contributed by atoms with Crippen LogP contribution in [-0.4, -0.2) is 17.6 Å². The van der Waals surface area contributed by atoms with Crippen LogP contribution in [0.25, 0.3) is 0 Å². The van der Waals surface area contributed by atoms with E-state index in [2.05, 4.69) is 16.7 Å². The first-order chi connectivity index (χ1) is 13.9. The molecule has 1 atom stereocenters. The summed E-state index contributed by atoms with van der Waals surface area (Å²) >= 11 is 7.09. The Labute approximate surface area is 176 Å². The van der Waals surface area contributed by atoms with Gasteiger partial charge in [-0.2, -0.15) is 5.26 Å². The summed E-state index contributed by atoms with van der Waals surface area (Å²) in [6.07, 6.45) is -0.0258. The van der Waals surface area contributed by atoms with Gasteiger partial charge in [0.2, 0.25) is 11.8 Å². The summed E-state index contributed by atoms with van der Waals surface area (Å²) in [5.41, 5.74) is 1.98. The Morgan fingerprint density at radius 1 is 1.38 bits per heavy atom. The Morgan fingerprint density at radius 3 is 2.83 bits per heavy atom. The van der Waals surface area contributed by atoms with Gasteiger partial charge in [0.05, 0.1) is 22.4 Å². The maximum atomic E-state index is 14.2. The van der Waals surface area contributed by atoms with Gasteiger partial charge in [0.25, 0.3) is 0 Å². The van der Waals surface area contributed by atoms with Gasteiger partial charge in [-0.15, -0.1) is 0 Å². The molecule has 2 aromatic carbocycles. The molecule has 0 saturated heterocycles. The Bertz CT molecular complexity index is 1050. The third-order valence-electron chi connectivity index (χ3n) is 4.44. The predicted octanol–water partition coefficient (Wildman–Crippen LogP) is 4.50. The topological polar surface area (TPSA) is 82.0 Å². The molecule has 0 saturated carbocycles. The third kappa shape index (κ3) is 4.97. The predicted molar refractivity (Wildman–Crippen MR) is 112 cm³/mol. The van der Waals surface area contributed by atoms with Gasteiger partial charge >= 0.3 is 0 Å². The summed E-state index contributed by atoms with van der Waals surface area (Å²) in [7, 11) is 0. The molecule has 1 heterocycles. The average molecular weight is 430 g/mol. The summed E-state index contributed by atoms with van der Waals surface area (Å²) in [5.74, 6) is -1.84. The number of allylic oxidation sites excluding steroid dienone is 1. The van der Waals surface area contributed by atoms with Crippen LogP contribution in [-0.2, 0) is 9.59 Å². The van der Waals surface area contributed by atoms with Crippen molar-refractivity contribution < 1.29 is 14.0 Å². The molecule has 0 aliphatic carbocycles. The highest BCUT2D eigenvalue weighted by molar-refractivity contribution is 8.03. The normalized spacial score (nSPS) is 16.2. The number of amides is 2. The number of nitrogens with zero attached hydrogens (tertiary/aromatic N) is 1. The van der Waals surface area contributed by atoms with E-state index >= 15 is 0 Å². The van der Waals surface area contributed by atoms with Crippen molar-refractivity contribution in [3.8, 4) is 6.07 Å². The number of hydrogen-bond donors (Lipinski definition) is 2. The van der Waals surface area contributed by atoms with Crippen LogP contribution in [0.2, 0.25) is 5.02 Å². The minimum Gasteiger partial charge on any atom is -0.325 e. The summed E-state index contributed by atoms with van der Waals surface area (Å²) < 4.78 is 14.2. The minimum atomic E-state index is -0.684. The smallest absolute Gasteiger partial charge is 0.234 e. The van der Waals surface area contributed by atoms with Crippen molar-refractivity contribution >= 4 is 40.9 Å². The first kappa shape index (κ1) is 20.9. The second kappa shape index (κ2) is 9.12. The van der Waals surface area contributed by atoms with Crippen LogP contribution >= 0.6 is 23.4 Å². The highest BCUT2D eigenvalue weighted by Crippen LogP contribution is 2.36. The molecule has 5 nitrogen and oxygen atoms in total. The van der Waals surface area contributed by atoms with Crippen LogP contribution in [0, 0.1) is 24.1 Å². The molecule has 0 spiro atoms. The number of anilines is 1. The summed E-state index contributed by atoms with van der Waals surface area (Å²) in [6.45, 7) is 1.86. The van der Waals surface area contributed by atoms with Gasteiger partial charge in [0.1, 0.15) is 5.82 Å². The lowest BCUT2D eigenvalue weighted by Gasteiger charge is -2.25. The van der Waals surface area contributed by atoms with Crippen molar-refractivity contribution in [2.45, 2.75) is 19.3 Å². The van der Waals surface area contributed by atoms with Crippen molar-refractivity contribution in [2.75, 3.05) is 11.1 Å². The molecule has 0 aromatic heterocycles. The maximum Gasteiger partial charge on any atom is 0.234 e. The summed E-state index contributed by atoms with van der Waals surface area (Å²) in [6, 6.07) is 13.3. The Kier molecular flexibility index (Phi) is 6.57. The molecule has 148 valence electrons. The number of carbonyl (C=O) groups excluding carboxylic acids is 2. The van der Waals surface area contributed by atoms with Gasteiger partial charge < -0.3 is 10.6 Å². The quantitative estimate of drug-likeness (QED) is 0.733. The molecule has 2 amide bonds. The van der Waals surface area contributed by atoms with E-state index in [0.29, 0.717) is 10.7 Å². The standard InChI is InChI=1S/C21H17ClFN3O2S/c1-12-6-7-13(8-17(12)22)25-20(28)11-29-21-16(10-24)15(9-19(27)26-21)14-4-2-3-5-18(14)23/h2-8,15H,9,11H2,1H3,(H,25,28)(H,26,27)/t15-/m0/s1. The van der Waals surface area contributed by atoms with Crippen LogP contribution in [0.4, 0.5) is 10.1 Å². The highest BCUT2D eigenvalue weighted by Gasteiger charge is 2.31. The summed E-state index contributed by atoms with van der Waals surface area (Å²) in [5, 5.41) is 15.8. The number of thioether (sulfide) groups is 1. The lowest BCUT2D eigenvalue weighted by Crippen LogP contribution is -2.31. The monoisotopic (exact) mass is 429 g/mol. The fourth-order valence-corrected chi connectivity index (χ4v) is 4.02. The molecule has 1 aliphatic rings. The van der Waals surface area contributed by atoms with Crippen molar-refractivity contribution in [2.24, 2.45) is 0 Å². The number of halogens is 2. The molecule has 8 heteroatoms. The zero-order valence-corrected chi connectivity index (χ0v) is 17.0. The SMILES string of the molecule is Cc1ccc(NC(=O)CSC2=C(C#N)[C@H](c3ccccc3F)CC(=O)N2)cc1Cl. The Balaban J connectivity index is 1.76. The molecule has 2 aromatic rings. The number of carbonyl (C=O) groups is 2. The second-order valence-corrected chi connectivity index (χ2v) is 7.87. The Hall–Kier alpha value is -2.82. The molecule has 1 aliphatic heterocycles. The van der Waals surface area contributed by atoms with Gasteiger partial charge in [-0.05, 0) is 36.2 Å². The van der Waals surface area contributed by atoms with E-state index in [-0.39, 0.29) is 40.2 Å². The largest absolute Gasteiger partial charge is 0.325 e. The molecule has 0 unspecified atom stereocenters. The third-order valence-corrected chi connectivity index (χ3v) is 5.86. The zero-order valence-electron chi connectivity index (χ0n) is 15.5. The number of nitriles is 1. The van der Waals surface area contributed by atoms with Crippen molar-refractivity contribution in [3.05, 3.63) is 75.0 Å². The lowest BCUT2D eigenvalue weighted by molar-refractivity contribution is -0.121. The number of nitrogens with one attached hydrogen (secondary N) is 2. The van der Waals surface area contributed by atoms with E-state index in [1.54, 1.807) is 36.4 Å². The van der Waals surface area contributed by atoms with E-state index in [4.69, 9.17) is 11.6 Å². The molecule has 2 N–H and O–H groups in total. The molecular weight excluding hydrogens is 413 g/mol. The minimum absolute atomic E-state index is 0.0258. The van der Waals surface area contributed by atoms with Gasteiger partial charge in [-0.1, -0.05) is 47.6 Å². The van der Waals surface area contributed by atoms with E-state index in [1.807, 2.05) is 6.92 Å². The molecule has 3 rings (SSSR count). The van der Waals surface area contributed by atoms with Gasteiger partial charge in [-0.3, -0.25) is 9.59 Å². The van der Waals surface area contributed by atoms with Crippen molar-refractivity contribution in [1.82, 2.24) is 5.32 Å². The first-order valence-corrected chi connectivity index (χ1v) is 10.1. The van der Waals surface area contributed by atoms with Gasteiger partial charge in [0, 0.05) is 23.0 Å². The fourth-order valence-electron chi connectivity index (χ4n) is 2.96. The molecule has 0 fully saturated rings. The second-order valence-electron chi connectivity index (χ2n) is 6.48. The number of aryl methyl sites for hydroxylation is 1. The number of benzene rings is 2. The van der Waals surface area contributed by atoms with E-state index < -0.39 is 11.7 Å². The van der Waals surface area contributed by atoms with Crippen molar-refractivity contribution in [1.29, 1.82) is 5.26 Å². The van der Waals surface area contributed by atoms with Crippen LogP contribution in [0.5, 0.6) is 0 Å². The van der Waals surface area contributed by atoms with Crippen molar-refractivity contribution in [3.63, 3.8) is 0 Å². The van der Waals surface area contributed by atoms with Gasteiger partial charge in [0.15, 0.2) is 0 Å². The van der Waals surface area contributed by atoms with Crippen LogP contribution in [0.15, 0.2) is 53.1 Å². The molecule has 29 heavy (non-hydrogen) atoms. The highest BCUT2D eigenvalue weighted by atomic mass is 35.5. The van der Waals surface area contributed by atoms with E-state index in [1.165, 1.54) is 6.07 Å². The van der Waals surface area contributed by atoms with E-state index in [0.717, 1.165) is 17.3 Å². The maximum absolute atomic E-state index is 14.2. The lowest BCUT2D eigenvalue weighted by atomic mass is 9.87. The average Bonchev–Trinajstić information content (AvgIpc) is 2.69. The van der Waals surface area contributed by atoms with Crippen LogP contribution < -0.4 is 10.6 Å². The van der Waals surface area contributed by atoms with Crippen LogP contribution in [0.3, 0.4) is 0 Å². The summed E-state index contributed by atoms with van der Waals surface area (Å²) in [4.78, 5) is 24.4.